The van der Waals surface area contributed by atoms with E-state index in [9.17, 15) is 14.4 Å². The highest BCUT2D eigenvalue weighted by Gasteiger charge is 2.19. The molecule has 0 amide bonds. The van der Waals surface area contributed by atoms with Crippen LogP contribution in [0.3, 0.4) is 0 Å². The first-order valence-corrected chi connectivity index (χ1v) is 28.8. The second kappa shape index (κ2) is 58.9. The number of unbranched alkanes of at least 4 members (excludes halogenated alkanes) is 15. The van der Waals surface area contributed by atoms with E-state index in [1.54, 1.807) is 0 Å². The maximum atomic E-state index is 12.8. The van der Waals surface area contributed by atoms with Crippen LogP contribution in [0, 0.1) is 0 Å². The lowest BCUT2D eigenvalue weighted by Gasteiger charge is -2.18. The summed E-state index contributed by atoms with van der Waals surface area (Å²) in [6.07, 6.45) is 84.2. The summed E-state index contributed by atoms with van der Waals surface area (Å²) in [5.74, 6) is -1.01. The molecular formula is C66H104O6. The van der Waals surface area contributed by atoms with E-state index in [1.807, 2.05) is 0 Å². The SMILES string of the molecule is CC/C=C\C/C=C\C/C=C\C/C=C\C/C=C\C/C=C\C/C=C\CCCCCC(=O)OCC(COC(=O)CCCCCCCCCCCCCC)OC(=O)CCC/C=C\C/C=C\C/C=C\C/C=C\C/C=C\CC. The third kappa shape index (κ3) is 56.2. The van der Waals surface area contributed by atoms with Gasteiger partial charge < -0.3 is 14.2 Å². The number of rotatable bonds is 50. The van der Waals surface area contributed by atoms with Gasteiger partial charge >= 0.3 is 17.9 Å². The van der Waals surface area contributed by atoms with Gasteiger partial charge in [-0.25, -0.2) is 0 Å². The molecule has 0 radical (unpaired) electrons. The van der Waals surface area contributed by atoms with E-state index < -0.39 is 6.10 Å². The zero-order valence-corrected chi connectivity index (χ0v) is 46.1. The van der Waals surface area contributed by atoms with Crippen molar-refractivity contribution in [1.29, 1.82) is 0 Å². The lowest BCUT2D eigenvalue weighted by atomic mass is 10.0. The van der Waals surface area contributed by atoms with Crippen molar-refractivity contribution in [2.45, 2.75) is 239 Å². The maximum absolute atomic E-state index is 12.8. The predicted molar refractivity (Wildman–Crippen MR) is 311 cm³/mol. The van der Waals surface area contributed by atoms with Gasteiger partial charge in [0, 0.05) is 19.3 Å². The summed E-state index contributed by atoms with van der Waals surface area (Å²) in [6.45, 7) is 6.32. The van der Waals surface area contributed by atoms with Gasteiger partial charge in [0.05, 0.1) is 0 Å². The van der Waals surface area contributed by atoms with Gasteiger partial charge in [0.15, 0.2) is 6.10 Å². The molecule has 6 nitrogen and oxygen atoms in total. The van der Waals surface area contributed by atoms with Crippen LogP contribution in [0.4, 0.5) is 0 Å². The molecule has 0 N–H and O–H groups in total. The summed E-state index contributed by atoms with van der Waals surface area (Å²) in [6, 6.07) is 0. The maximum Gasteiger partial charge on any atom is 0.306 e. The topological polar surface area (TPSA) is 78.9 Å². The van der Waals surface area contributed by atoms with Crippen molar-refractivity contribution in [2.24, 2.45) is 0 Å². The molecule has 0 aromatic heterocycles. The summed E-state index contributed by atoms with van der Waals surface area (Å²) in [7, 11) is 0. The molecule has 6 heteroatoms. The Kier molecular flexibility index (Phi) is 55.0. The number of carbonyl (C=O) groups excluding carboxylic acids is 3. The molecular weight excluding hydrogens is 889 g/mol. The zero-order valence-electron chi connectivity index (χ0n) is 46.1. The van der Waals surface area contributed by atoms with Crippen LogP contribution in [-0.4, -0.2) is 37.2 Å². The van der Waals surface area contributed by atoms with Gasteiger partial charge in [0.2, 0.25) is 0 Å². The lowest BCUT2D eigenvalue weighted by Crippen LogP contribution is -2.30. The van der Waals surface area contributed by atoms with Crippen molar-refractivity contribution in [2.75, 3.05) is 13.2 Å². The predicted octanol–water partition coefficient (Wildman–Crippen LogP) is 19.6. The van der Waals surface area contributed by atoms with E-state index in [4.69, 9.17) is 14.2 Å². The fraction of sp³-hybridized carbons (Fsp3) is 0.591. The Balaban J connectivity index is 4.51. The minimum Gasteiger partial charge on any atom is -0.462 e. The van der Waals surface area contributed by atoms with Gasteiger partial charge in [-0.15, -0.1) is 0 Å². The van der Waals surface area contributed by atoms with E-state index in [1.165, 1.54) is 57.8 Å². The first kappa shape index (κ1) is 67.3. The number of hydrogen-bond donors (Lipinski definition) is 0. The first-order chi connectivity index (χ1) is 35.5. The van der Waals surface area contributed by atoms with E-state index in [2.05, 4.69) is 167 Å². The number of hydrogen-bond acceptors (Lipinski definition) is 6. The molecule has 0 saturated heterocycles. The average molecular weight is 994 g/mol. The van der Waals surface area contributed by atoms with Crippen molar-refractivity contribution in [3.8, 4) is 0 Å². The molecule has 0 aromatic carbocycles. The summed E-state index contributed by atoms with van der Waals surface area (Å²) in [5.41, 5.74) is 0. The highest BCUT2D eigenvalue weighted by Crippen LogP contribution is 2.14. The second-order valence-corrected chi connectivity index (χ2v) is 18.4. The van der Waals surface area contributed by atoms with E-state index in [-0.39, 0.29) is 37.5 Å². The molecule has 0 aliphatic heterocycles. The minimum atomic E-state index is -0.827. The number of esters is 3. The van der Waals surface area contributed by atoms with Crippen LogP contribution in [0.15, 0.2) is 146 Å². The van der Waals surface area contributed by atoms with Crippen LogP contribution in [0.1, 0.15) is 233 Å². The molecule has 0 saturated carbocycles. The minimum absolute atomic E-state index is 0.115. The number of allylic oxidation sites excluding steroid dienone is 24. The summed E-state index contributed by atoms with van der Waals surface area (Å²) in [5, 5.41) is 0. The smallest absolute Gasteiger partial charge is 0.306 e. The van der Waals surface area contributed by atoms with Crippen molar-refractivity contribution < 1.29 is 28.6 Å². The van der Waals surface area contributed by atoms with Crippen molar-refractivity contribution in [1.82, 2.24) is 0 Å². The molecule has 0 spiro atoms. The normalized spacial score (nSPS) is 13.2. The number of ether oxygens (including phenoxy) is 3. The molecule has 0 fully saturated rings. The second-order valence-electron chi connectivity index (χ2n) is 18.4. The fourth-order valence-electron chi connectivity index (χ4n) is 7.34. The Morgan fingerprint density at radius 2 is 0.556 bits per heavy atom. The van der Waals surface area contributed by atoms with Gasteiger partial charge in [0.1, 0.15) is 13.2 Å². The van der Waals surface area contributed by atoms with Crippen molar-refractivity contribution >= 4 is 17.9 Å². The molecule has 404 valence electrons. The van der Waals surface area contributed by atoms with Crippen LogP contribution < -0.4 is 0 Å². The van der Waals surface area contributed by atoms with Gasteiger partial charge in [-0.1, -0.05) is 244 Å². The Morgan fingerprint density at radius 1 is 0.292 bits per heavy atom. The summed E-state index contributed by atoms with van der Waals surface area (Å²) < 4.78 is 16.8. The molecule has 0 heterocycles. The third-order valence-electron chi connectivity index (χ3n) is 11.6. The Bertz CT molecular complexity index is 1610. The van der Waals surface area contributed by atoms with Gasteiger partial charge in [-0.2, -0.15) is 0 Å². The number of carbonyl (C=O) groups is 3. The van der Waals surface area contributed by atoms with Crippen molar-refractivity contribution in [3.05, 3.63) is 146 Å². The lowest BCUT2D eigenvalue weighted by molar-refractivity contribution is -0.167. The molecule has 72 heavy (non-hydrogen) atoms. The fourth-order valence-corrected chi connectivity index (χ4v) is 7.34. The van der Waals surface area contributed by atoms with Gasteiger partial charge in [0.25, 0.3) is 0 Å². The van der Waals surface area contributed by atoms with Gasteiger partial charge in [-0.3, -0.25) is 14.4 Å². The Morgan fingerprint density at radius 3 is 0.889 bits per heavy atom. The Labute approximate surface area is 442 Å². The zero-order chi connectivity index (χ0) is 52.2. The average Bonchev–Trinajstić information content (AvgIpc) is 3.38. The summed E-state index contributed by atoms with van der Waals surface area (Å²) in [4.78, 5) is 38.1. The Hall–Kier alpha value is -4.71. The molecule has 0 bridgehead atoms. The van der Waals surface area contributed by atoms with Crippen LogP contribution in [-0.2, 0) is 28.6 Å². The molecule has 0 aliphatic carbocycles. The van der Waals surface area contributed by atoms with Gasteiger partial charge in [-0.05, 0) is 116 Å². The summed E-state index contributed by atoms with van der Waals surface area (Å²) >= 11 is 0. The van der Waals surface area contributed by atoms with Crippen LogP contribution in [0.5, 0.6) is 0 Å². The standard InChI is InChI=1S/C66H104O6/c1-4-7-10-13-16-19-22-25-27-29-30-31-32-33-34-35-36-38-39-41-44-47-50-53-56-59-65(68)71-62-63(61-70-64(67)58-55-52-49-46-43-24-21-18-15-12-9-6-3)72-66(69)60-57-54-51-48-45-42-40-37-28-26-23-20-17-14-11-8-5-2/h7-8,10-11,16-17,19-20,25-28,30-31,33-34,36,38,40-42,44,48,51,63H,4-6,9,12-15,18,21-24,29,32,35,37,39,43,45-47,49-50,52-62H2,1-3H3/b10-7-,11-8-,19-16-,20-17-,27-25-,28-26-,31-30-,34-33-,38-36-,42-40-,44-41-,51-48-. The van der Waals surface area contributed by atoms with E-state index in [0.29, 0.717) is 19.3 Å². The highest BCUT2D eigenvalue weighted by molar-refractivity contribution is 5.71. The monoisotopic (exact) mass is 993 g/mol. The molecule has 1 atom stereocenters. The molecule has 0 rings (SSSR count). The highest BCUT2D eigenvalue weighted by atomic mass is 16.6. The third-order valence-corrected chi connectivity index (χ3v) is 11.6. The van der Waals surface area contributed by atoms with Crippen LogP contribution in [0.2, 0.25) is 0 Å². The van der Waals surface area contributed by atoms with E-state index in [0.717, 1.165) is 128 Å². The molecule has 1 unspecified atom stereocenters. The van der Waals surface area contributed by atoms with E-state index >= 15 is 0 Å². The van der Waals surface area contributed by atoms with Crippen molar-refractivity contribution in [3.63, 3.8) is 0 Å². The molecule has 0 aromatic rings. The van der Waals surface area contributed by atoms with Crippen LogP contribution in [0.25, 0.3) is 0 Å². The quantitative estimate of drug-likeness (QED) is 0.0261. The molecule has 0 aliphatic rings. The first-order valence-electron chi connectivity index (χ1n) is 28.8. The van der Waals surface area contributed by atoms with Crippen LogP contribution >= 0.6 is 0 Å². The largest absolute Gasteiger partial charge is 0.462 e.